The Balaban J connectivity index is 1.63. The van der Waals surface area contributed by atoms with Crippen molar-refractivity contribution >= 4 is 42.6 Å². The maximum absolute atomic E-state index is 13.6. The highest BCUT2D eigenvalue weighted by molar-refractivity contribution is 7.89. The topological polar surface area (TPSA) is 83.1 Å². The second-order valence-corrected chi connectivity index (χ2v) is 12.7. The average molecular weight is 531 g/mol. The fourth-order valence-corrected chi connectivity index (χ4v) is 6.96. The summed E-state index contributed by atoms with van der Waals surface area (Å²) in [5.41, 5.74) is 3.60. The molecule has 2 heterocycles. The van der Waals surface area contributed by atoms with Crippen molar-refractivity contribution < 1.29 is 17.9 Å². The molecule has 0 aliphatic carbocycles. The molecular weight excluding hydrogens is 496 g/mol. The van der Waals surface area contributed by atoms with Gasteiger partial charge in [0.05, 0.1) is 27.3 Å². The number of likely N-dealkylation sites (N-methyl/N-ethyl adjacent to an activating group) is 1. The fourth-order valence-electron chi connectivity index (χ4n) is 4.32. The molecule has 4 rings (SSSR count). The Kier molecular flexibility index (Phi) is 7.82. The number of rotatable bonds is 7. The second-order valence-electron chi connectivity index (χ2n) is 9.71. The predicted molar refractivity (Wildman–Crippen MR) is 145 cm³/mol. The molecular formula is C26H34N4O4S2. The van der Waals surface area contributed by atoms with Gasteiger partial charge in [0.15, 0.2) is 5.13 Å². The maximum Gasteiger partial charge on any atom is 0.260 e. The van der Waals surface area contributed by atoms with E-state index in [4.69, 9.17) is 9.72 Å². The second kappa shape index (κ2) is 10.5. The molecule has 1 aliphatic rings. The number of fused-ring (bicyclic) bond motifs is 1. The van der Waals surface area contributed by atoms with Gasteiger partial charge in [0, 0.05) is 31.7 Å². The smallest absolute Gasteiger partial charge is 0.260 e. The monoisotopic (exact) mass is 530 g/mol. The number of carbonyl (C=O) groups is 1. The molecule has 1 amide bonds. The minimum absolute atomic E-state index is 0.170. The standard InChI is InChI=1S/C26H34N4O4S2/c1-17-7-12-23-24(20(17)4)27-26(35-23)30(14-13-28(5)6)25(31)21-8-10-22(11-9-21)36(32,33)29-15-18(2)34-19(3)16-29/h7-12,18-19H,13-16H2,1-6H3/t18-,19-/m0/s1. The molecule has 0 N–H and O–H groups in total. The Morgan fingerprint density at radius 2 is 1.69 bits per heavy atom. The zero-order valence-electron chi connectivity index (χ0n) is 21.7. The summed E-state index contributed by atoms with van der Waals surface area (Å²) >= 11 is 1.49. The van der Waals surface area contributed by atoms with Crippen LogP contribution < -0.4 is 4.90 Å². The molecule has 2 aromatic carbocycles. The molecule has 0 unspecified atom stereocenters. The van der Waals surface area contributed by atoms with E-state index in [2.05, 4.69) is 13.0 Å². The first-order valence-corrected chi connectivity index (χ1v) is 14.3. The number of benzene rings is 2. The van der Waals surface area contributed by atoms with E-state index in [-0.39, 0.29) is 23.0 Å². The molecule has 2 atom stereocenters. The van der Waals surface area contributed by atoms with Gasteiger partial charge in [-0.05, 0) is 83.2 Å². The van der Waals surface area contributed by atoms with Gasteiger partial charge in [0.25, 0.3) is 5.91 Å². The van der Waals surface area contributed by atoms with Crippen molar-refractivity contribution in [3.05, 3.63) is 53.1 Å². The lowest BCUT2D eigenvalue weighted by molar-refractivity contribution is -0.0440. The molecule has 1 aliphatic heterocycles. The first kappa shape index (κ1) is 26.7. The van der Waals surface area contributed by atoms with E-state index in [0.717, 1.165) is 21.3 Å². The number of sulfonamides is 1. The van der Waals surface area contributed by atoms with Gasteiger partial charge in [-0.3, -0.25) is 9.69 Å². The van der Waals surface area contributed by atoms with E-state index in [1.165, 1.54) is 27.8 Å². The van der Waals surface area contributed by atoms with Crippen LogP contribution in [-0.4, -0.2) is 81.0 Å². The van der Waals surface area contributed by atoms with Crippen LogP contribution in [0.1, 0.15) is 35.3 Å². The highest BCUT2D eigenvalue weighted by Gasteiger charge is 2.32. The Hall–Kier alpha value is -2.37. The summed E-state index contributed by atoms with van der Waals surface area (Å²) < 4.78 is 34.6. The van der Waals surface area contributed by atoms with Crippen molar-refractivity contribution in [2.24, 2.45) is 0 Å². The number of carbonyl (C=O) groups excluding carboxylic acids is 1. The van der Waals surface area contributed by atoms with Gasteiger partial charge in [0.2, 0.25) is 10.0 Å². The van der Waals surface area contributed by atoms with Gasteiger partial charge in [-0.1, -0.05) is 17.4 Å². The summed E-state index contributed by atoms with van der Waals surface area (Å²) in [4.78, 5) is 22.3. The van der Waals surface area contributed by atoms with Gasteiger partial charge in [-0.2, -0.15) is 4.31 Å². The zero-order valence-corrected chi connectivity index (χ0v) is 23.3. The van der Waals surface area contributed by atoms with Gasteiger partial charge in [0.1, 0.15) is 0 Å². The molecule has 0 bridgehead atoms. The summed E-state index contributed by atoms with van der Waals surface area (Å²) in [5, 5.41) is 0.638. The van der Waals surface area contributed by atoms with Crippen LogP contribution in [0.3, 0.4) is 0 Å². The van der Waals surface area contributed by atoms with Crippen LogP contribution in [0.25, 0.3) is 10.2 Å². The summed E-state index contributed by atoms with van der Waals surface area (Å²) in [6, 6.07) is 10.3. The minimum atomic E-state index is -3.68. The van der Waals surface area contributed by atoms with Crippen molar-refractivity contribution in [3.8, 4) is 0 Å². The first-order chi connectivity index (χ1) is 17.0. The highest BCUT2D eigenvalue weighted by Crippen LogP contribution is 2.33. The van der Waals surface area contributed by atoms with Crippen molar-refractivity contribution in [1.82, 2.24) is 14.2 Å². The lowest BCUT2D eigenvalue weighted by atomic mass is 10.1. The molecule has 0 radical (unpaired) electrons. The van der Waals surface area contributed by atoms with E-state index < -0.39 is 10.0 Å². The van der Waals surface area contributed by atoms with Crippen LogP contribution in [0.4, 0.5) is 5.13 Å². The van der Waals surface area contributed by atoms with Gasteiger partial charge >= 0.3 is 0 Å². The lowest BCUT2D eigenvalue weighted by Gasteiger charge is -2.34. The summed E-state index contributed by atoms with van der Waals surface area (Å²) in [6.45, 7) is 9.58. The Labute approximate surface area is 217 Å². The van der Waals surface area contributed by atoms with E-state index in [0.29, 0.717) is 36.9 Å². The molecule has 10 heteroatoms. The Morgan fingerprint density at radius 3 is 2.31 bits per heavy atom. The predicted octanol–water partition coefficient (Wildman–Crippen LogP) is 3.92. The summed E-state index contributed by atoms with van der Waals surface area (Å²) in [7, 11) is 0.241. The van der Waals surface area contributed by atoms with Crippen LogP contribution in [0, 0.1) is 13.8 Å². The number of nitrogens with zero attached hydrogens (tertiary/aromatic N) is 4. The highest BCUT2D eigenvalue weighted by atomic mass is 32.2. The third kappa shape index (κ3) is 5.47. The number of amides is 1. The van der Waals surface area contributed by atoms with Crippen LogP contribution >= 0.6 is 11.3 Å². The van der Waals surface area contributed by atoms with E-state index in [9.17, 15) is 13.2 Å². The Bertz CT molecular complexity index is 1340. The van der Waals surface area contributed by atoms with E-state index in [1.807, 2.05) is 45.8 Å². The quantitative estimate of drug-likeness (QED) is 0.461. The van der Waals surface area contributed by atoms with E-state index in [1.54, 1.807) is 17.0 Å². The average Bonchev–Trinajstić information content (AvgIpc) is 3.25. The molecule has 1 saturated heterocycles. The van der Waals surface area contributed by atoms with Crippen molar-refractivity contribution in [1.29, 1.82) is 0 Å². The minimum Gasteiger partial charge on any atom is -0.373 e. The van der Waals surface area contributed by atoms with Gasteiger partial charge in [-0.15, -0.1) is 0 Å². The first-order valence-electron chi connectivity index (χ1n) is 12.1. The zero-order chi connectivity index (χ0) is 26.2. The molecule has 8 nitrogen and oxygen atoms in total. The number of morpholine rings is 1. The molecule has 0 saturated carbocycles. The number of thiazole rings is 1. The number of aromatic nitrogens is 1. The van der Waals surface area contributed by atoms with E-state index >= 15 is 0 Å². The molecule has 194 valence electrons. The molecule has 1 aromatic heterocycles. The number of hydrogen-bond donors (Lipinski definition) is 0. The van der Waals surface area contributed by atoms with Crippen LogP contribution in [-0.2, 0) is 14.8 Å². The molecule has 1 fully saturated rings. The Morgan fingerprint density at radius 1 is 1.06 bits per heavy atom. The fraction of sp³-hybridized carbons (Fsp3) is 0.462. The largest absolute Gasteiger partial charge is 0.373 e. The lowest BCUT2D eigenvalue weighted by Crippen LogP contribution is -2.48. The number of ether oxygens (including phenoxy) is 1. The van der Waals surface area contributed by atoms with Crippen LogP contribution in [0.5, 0.6) is 0 Å². The number of hydrogen-bond acceptors (Lipinski definition) is 7. The SMILES string of the molecule is Cc1ccc2sc(N(CCN(C)C)C(=O)c3ccc(S(=O)(=O)N4C[C@H](C)O[C@@H](C)C4)cc3)nc2c1C. The van der Waals surface area contributed by atoms with Crippen LogP contribution in [0.15, 0.2) is 41.3 Å². The number of aryl methyl sites for hydroxylation is 2. The van der Waals surface area contributed by atoms with Gasteiger partial charge in [-0.25, -0.2) is 13.4 Å². The normalized spacial score (nSPS) is 19.2. The third-order valence-electron chi connectivity index (χ3n) is 6.45. The molecule has 0 spiro atoms. The summed E-state index contributed by atoms with van der Waals surface area (Å²) in [6.07, 6.45) is -0.341. The van der Waals surface area contributed by atoms with Crippen molar-refractivity contribution in [2.45, 2.75) is 44.8 Å². The third-order valence-corrected chi connectivity index (χ3v) is 9.33. The van der Waals surface area contributed by atoms with Crippen molar-refractivity contribution in [3.63, 3.8) is 0 Å². The van der Waals surface area contributed by atoms with Crippen LogP contribution in [0.2, 0.25) is 0 Å². The molecule has 3 aromatic rings. The molecule has 36 heavy (non-hydrogen) atoms. The maximum atomic E-state index is 13.6. The summed E-state index contributed by atoms with van der Waals surface area (Å²) in [5.74, 6) is -0.206. The van der Waals surface area contributed by atoms with Gasteiger partial charge < -0.3 is 9.64 Å². The van der Waals surface area contributed by atoms with Crippen molar-refractivity contribution in [2.75, 3.05) is 45.2 Å². The number of anilines is 1.